The topological polar surface area (TPSA) is 101 Å². The van der Waals surface area contributed by atoms with E-state index in [-0.39, 0.29) is 16.5 Å². The highest BCUT2D eigenvalue weighted by atomic mass is 32.1. The molecule has 1 atom stereocenters. The van der Waals surface area contributed by atoms with E-state index in [1.54, 1.807) is 7.05 Å². The average Bonchev–Trinajstić information content (AvgIpc) is 2.92. The van der Waals surface area contributed by atoms with Crippen LogP contribution in [0.2, 0.25) is 0 Å². The van der Waals surface area contributed by atoms with Crippen LogP contribution in [-0.4, -0.2) is 32.0 Å². The Hall–Kier alpha value is -1.76. The molecule has 2 rings (SSSR count). The number of carbonyl (C=O) groups excluding carboxylic acids is 2. The molecule has 7 heteroatoms. The maximum absolute atomic E-state index is 12.0. The summed E-state index contributed by atoms with van der Waals surface area (Å²) in [6, 6.07) is 0. The Morgan fingerprint density at radius 1 is 1.47 bits per heavy atom. The fourth-order valence-corrected chi connectivity index (χ4v) is 3.41. The maximum Gasteiger partial charge on any atom is 0.260 e. The number of nitrogens with one attached hydrogen (secondary N) is 1. The zero-order valence-corrected chi connectivity index (χ0v) is 11.8. The number of nitrogens with two attached hydrogens (primary N) is 2. The number of nitrogens with zero attached hydrogens (tertiary/aromatic N) is 1. The molecule has 5 N–H and O–H groups in total. The van der Waals surface area contributed by atoms with Gasteiger partial charge in [0.15, 0.2) is 0 Å². The molecule has 0 bridgehead atoms. The second kappa shape index (κ2) is 5.08. The van der Waals surface area contributed by atoms with Gasteiger partial charge in [0, 0.05) is 20.1 Å². The van der Waals surface area contributed by atoms with Crippen LogP contribution in [-0.2, 0) is 0 Å². The first-order valence-corrected chi connectivity index (χ1v) is 6.96. The van der Waals surface area contributed by atoms with Crippen molar-refractivity contribution >= 4 is 33.8 Å². The largest absolute Gasteiger partial charge is 0.397 e. The van der Waals surface area contributed by atoms with Gasteiger partial charge in [0.25, 0.3) is 11.8 Å². The minimum absolute atomic E-state index is 0.186. The Balaban J connectivity index is 2.49. The van der Waals surface area contributed by atoms with Crippen molar-refractivity contribution in [2.45, 2.75) is 13.3 Å². The molecule has 19 heavy (non-hydrogen) atoms. The van der Waals surface area contributed by atoms with Gasteiger partial charge in [0.1, 0.15) is 9.88 Å². The predicted molar refractivity (Wildman–Crippen MR) is 76.6 cm³/mol. The van der Waals surface area contributed by atoms with Gasteiger partial charge >= 0.3 is 0 Å². The molecular weight excluding hydrogens is 264 g/mol. The van der Waals surface area contributed by atoms with Crippen LogP contribution in [0.25, 0.3) is 0 Å². The van der Waals surface area contributed by atoms with Crippen LogP contribution in [0.4, 0.5) is 10.7 Å². The van der Waals surface area contributed by atoms with E-state index >= 15 is 0 Å². The van der Waals surface area contributed by atoms with Gasteiger partial charge in [-0.15, -0.1) is 11.3 Å². The molecule has 1 saturated heterocycles. The molecule has 0 spiro atoms. The van der Waals surface area contributed by atoms with Gasteiger partial charge in [-0.2, -0.15) is 0 Å². The Morgan fingerprint density at radius 3 is 2.63 bits per heavy atom. The third kappa shape index (κ3) is 2.37. The number of primary amides is 1. The highest BCUT2D eigenvalue weighted by Gasteiger charge is 2.29. The molecule has 1 fully saturated rings. The number of hydrogen-bond donors (Lipinski definition) is 3. The molecule has 0 radical (unpaired) electrons. The van der Waals surface area contributed by atoms with Crippen LogP contribution in [0.15, 0.2) is 0 Å². The second-order valence-corrected chi connectivity index (χ2v) is 5.81. The van der Waals surface area contributed by atoms with Crippen molar-refractivity contribution in [2.75, 3.05) is 30.8 Å². The van der Waals surface area contributed by atoms with Crippen LogP contribution in [0.3, 0.4) is 0 Å². The van der Waals surface area contributed by atoms with Crippen LogP contribution < -0.4 is 21.7 Å². The fraction of sp³-hybridized carbons (Fsp3) is 0.500. The molecule has 0 aliphatic carbocycles. The molecule has 1 aromatic rings. The van der Waals surface area contributed by atoms with E-state index < -0.39 is 5.91 Å². The summed E-state index contributed by atoms with van der Waals surface area (Å²) in [6.45, 7) is 3.89. The van der Waals surface area contributed by atoms with Crippen molar-refractivity contribution in [2.24, 2.45) is 11.7 Å². The molecule has 2 heterocycles. The number of nitrogen functional groups attached to an aromatic ring is 1. The number of amides is 2. The van der Waals surface area contributed by atoms with E-state index in [0.29, 0.717) is 11.5 Å². The summed E-state index contributed by atoms with van der Waals surface area (Å²) in [5.74, 6) is -0.306. The van der Waals surface area contributed by atoms with E-state index in [0.717, 1.165) is 24.5 Å². The molecule has 1 unspecified atom stereocenters. The summed E-state index contributed by atoms with van der Waals surface area (Å²) < 4.78 is 0. The maximum atomic E-state index is 12.0. The van der Waals surface area contributed by atoms with Crippen LogP contribution in [0.5, 0.6) is 0 Å². The Kier molecular flexibility index (Phi) is 3.66. The van der Waals surface area contributed by atoms with Crippen molar-refractivity contribution in [3.63, 3.8) is 0 Å². The lowest BCUT2D eigenvalue weighted by molar-refractivity contribution is 0.0964. The average molecular weight is 282 g/mol. The molecule has 2 amide bonds. The SMILES string of the molecule is CNC(=O)c1c(N2CCC(C)C2)sc(C(N)=O)c1N. The smallest absolute Gasteiger partial charge is 0.260 e. The molecule has 1 aromatic heterocycles. The zero-order valence-electron chi connectivity index (χ0n) is 11.0. The minimum atomic E-state index is -0.592. The number of thiophene rings is 1. The van der Waals surface area contributed by atoms with E-state index in [1.165, 1.54) is 11.3 Å². The van der Waals surface area contributed by atoms with Crippen molar-refractivity contribution in [1.82, 2.24) is 5.32 Å². The van der Waals surface area contributed by atoms with Gasteiger partial charge < -0.3 is 21.7 Å². The van der Waals surface area contributed by atoms with Gasteiger partial charge in [-0.1, -0.05) is 6.92 Å². The quantitative estimate of drug-likeness (QED) is 0.757. The van der Waals surface area contributed by atoms with Gasteiger partial charge in [0.2, 0.25) is 0 Å². The van der Waals surface area contributed by atoms with E-state index in [2.05, 4.69) is 17.1 Å². The summed E-state index contributed by atoms with van der Waals surface area (Å²) in [7, 11) is 1.54. The molecular formula is C12H18N4O2S. The lowest BCUT2D eigenvalue weighted by Crippen LogP contribution is -2.25. The highest BCUT2D eigenvalue weighted by molar-refractivity contribution is 7.19. The lowest BCUT2D eigenvalue weighted by atomic mass is 10.2. The second-order valence-electron chi connectivity index (χ2n) is 4.81. The first-order valence-electron chi connectivity index (χ1n) is 6.14. The lowest BCUT2D eigenvalue weighted by Gasteiger charge is -2.17. The van der Waals surface area contributed by atoms with Crippen LogP contribution in [0, 0.1) is 5.92 Å². The van der Waals surface area contributed by atoms with Gasteiger partial charge in [-0.25, -0.2) is 0 Å². The number of carbonyl (C=O) groups is 2. The summed E-state index contributed by atoms with van der Waals surface area (Å²) in [5, 5.41) is 3.30. The summed E-state index contributed by atoms with van der Waals surface area (Å²) >= 11 is 1.20. The van der Waals surface area contributed by atoms with Gasteiger partial charge in [0.05, 0.1) is 11.3 Å². The Labute approximate surface area is 115 Å². The third-order valence-corrected chi connectivity index (χ3v) is 4.60. The summed E-state index contributed by atoms with van der Waals surface area (Å²) in [4.78, 5) is 25.7. The number of rotatable bonds is 3. The summed E-state index contributed by atoms with van der Waals surface area (Å²) in [6.07, 6.45) is 1.07. The van der Waals surface area contributed by atoms with E-state index in [9.17, 15) is 9.59 Å². The molecule has 6 nitrogen and oxygen atoms in total. The first-order chi connectivity index (χ1) is 8.95. The van der Waals surface area contributed by atoms with Crippen molar-refractivity contribution in [3.8, 4) is 0 Å². The zero-order chi connectivity index (χ0) is 14.2. The first kappa shape index (κ1) is 13.7. The highest BCUT2D eigenvalue weighted by Crippen LogP contribution is 2.40. The monoisotopic (exact) mass is 282 g/mol. The van der Waals surface area contributed by atoms with Crippen molar-refractivity contribution in [1.29, 1.82) is 0 Å². The Bertz CT molecular complexity index is 526. The minimum Gasteiger partial charge on any atom is -0.397 e. The molecule has 1 aliphatic heterocycles. The van der Waals surface area contributed by atoms with Gasteiger partial charge in [-0.05, 0) is 12.3 Å². The van der Waals surface area contributed by atoms with E-state index in [4.69, 9.17) is 11.5 Å². The van der Waals surface area contributed by atoms with Gasteiger partial charge in [-0.3, -0.25) is 9.59 Å². The van der Waals surface area contributed by atoms with E-state index in [1.807, 2.05) is 0 Å². The molecule has 1 aliphatic rings. The standard InChI is InChI=1S/C12H18N4O2S/c1-6-3-4-16(5-6)12-7(11(18)15-2)8(13)9(19-12)10(14)17/h6H,3-5,13H2,1-2H3,(H2,14,17)(H,15,18). The summed E-state index contributed by atoms with van der Waals surface area (Å²) in [5.41, 5.74) is 11.8. The van der Waals surface area contributed by atoms with Crippen molar-refractivity contribution in [3.05, 3.63) is 10.4 Å². The fourth-order valence-electron chi connectivity index (χ4n) is 2.30. The molecule has 0 saturated carbocycles. The third-order valence-electron chi connectivity index (χ3n) is 3.32. The van der Waals surface area contributed by atoms with Crippen LogP contribution in [0.1, 0.15) is 33.4 Å². The normalized spacial score (nSPS) is 18.6. The number of anilines is 2. The number of hydrogen-bond acceptors (Lipinski definition) is 5. The predicted octanol–water partition coefficient (Wildman–Crippen LogP) is 0.635. The molecule has 104 valence electrons. The van der Waals surface area contributed by atoms with Crippen LogP contribution >= 0.6 is 11.3 Å². The van der Waals surface area contributed by atoms with Crippen molar-refractivity contribution < 1.29 is 9.59 Å². The molecule has 0 aromatic carbocycles. The Morgan fingerprint density at radius 2 is 2.16 bits per heavy atom.